The summed E-state index contributed by atoms with van der Waals surface area (Å²) in [5.74, 6) is -1.70. The molecule has 0 spiro atoms. The lowest BCUT2D eigenvalue weighted by atomic mass is 10.1. The van der Waals surface area contributed by atoms with Crippen LogP contribution in [0.3, 0.4) is 0 Å². The van der Waals surface area contributed by atoms with Crippen molar-refractivity contribution in [3.63, 3.8) is 0 Å². The highest BCUT2D eigenvalue weighted by molar-refractivity contribution is 6.28. The van der Waals surface area contributed by atoms with E-state index in [1.54, 1.807) is 13.8 Å². The SMILES string of the molecule is Cc1ccc(F)c(-c2nc(Cl)nc(OC(C)C)n2)c1F. The number of benzene rings is 1. The van der Waals surface area contributed by atoms with Crippen LogP contribution in [0, 0.1) is 18.6 Å². The molecule has 20 heavy (non-hydrogen) atoms. The highest BCUT2D eigenvalue weighted by atomic mass is 35.5. The molecule has 0 saturated heterocycles. The lowest BCUT2D eigenvalue weighted by Gasteiger charge is -2.10. The van der Waals surface area contributed by atoms with Gasteiger partial charge in [-0.15, -0.1) is 0 Å². The zero-order chi connectivity index (χ0) is 14.9. The predicted molar refractivity (Wildman–Crippen MR) is 70.7 cm³/mol. The van der Waals surface area contributed by atoms with Gasteiger partial charge in [-0.3, -0.25) is 0 Å². The van der Waals surface area contributed by atoms with Gasteiger partial charge in [-0.05, 0) is 44.0 Å². The molecular formula is C13H12ClF2N3O. The van der Waals surface area contributed by atoms with E-state index in [0.29, 0.717) is 0 Å². The molecule has 1 heterocycles. The van der Waals surface area contributed by atoms with Crippen LogP contribution in [-0.2, 0) is 0 Å². The van der Waals surface area contributed by atoms with E-state index >= 15 is 0 Å². The minimum Gasteiger partial charge on any atom is -0.461 e. The normalized spacial score (nSPS) is 10.9. The van der Waals surface area contributed by atoms with Gasteiger partial charge in [0.1, 0.15) is 11.6 Å². The molecule has 0 aliphatic heterocycles. The summed E-state index contributed by atoms with van der Waals surface area (Å²) in [6, 6.07) is 2.41. The second kappa shape index (κ2) is 5.66. The zero-order valence-corrected chi connectivity index (χ0v) is 11.9. The van der Waals surface area contributed by atoms with Crippen molar-refractivity contribution in [3.8, 4) is 17.4 Å². The Morgan fingerprint density at radius 2 is 1.85 bits per heavy atom. The molecule has 0 radical (unpaired) electrons. The molecule has 7 heteroatoms. The Morgan fingerprint density at radius 3 is 2.50 bits per heavy atom. The van der Waals surface area contributed by atoms with E-state index in [2.05, 4.69) is 15.0 Å². The summed E-state index contributed by atoms with van der Waals surface area (Å²) >= 11 is 5.74. The van der Waals surface area contributed by atoms with Gasteiger partial charge >= 0.3 is 6.01 Å². The van der Waals surface area contributed by atoms with Crippen LogP contribution in [0.25, 0.3) is 11.4 Å². The van der Waals surface area contributed by atoms with Crippen LogP contribution < -0.4 is 4.74 Å². The average molecular weight is 300 g/mol. The summed E-state index contributed by atoms with van der Waals surface area (Å²) in [5, 5.41) is -0.189. The summed E-state index contributed by atoms with van der Waals surface area (Å²) in [6.45, 7) is 5.06. The minimum atomic E-state index is -0.772. The van der Waals surface area contributed by atoms with Crippen LogP contribution in [0.2, 0.25) is 5.28 Å². The second-order valence-corrected chi connectivity index (χ2v) is 4.77. The van der Waals surface area contributed by atoms with Crippen LogP contribution in [0.1, 0.15) is 19.4 Å². The van der Waals surface area contributed by atoms with Crippen molar-refractivity contribution in [3.05, 3.63) is 34.6 Å². The molecule has 106 valence electrons. The standard InChI is InChI=1S/C13H12ClF2N3O/c1-6(2)20-13-18-11(17-12(14)19-13)9-8(15)5-4-7(3)10(9)16/h4-6H,1-3H3. The molecule has 0 amide bonds. The Hall–Kier alpha value is -1.82. The second-order valence-electron chi connectivity index (χ2n) is 4.43. The van der Waals surface area contributed by atoms with E-state index < -0.39 is 11.6 Å². The third-order valence-electron chi connectivity index (χ3n) is 2.44. The lowest BCUT2D eigenvalue weighted by Crippen LogP contribution is -2.10. The molecule has 0 saturated carbocycles. The summed E-state index contributed by atoms with van der Waals surface area (Å²) in [5.41, 5.74) is -0.0628. The average Bonchev–Trinajstić information content (AvgIpc) is 2.33. The number of hydrogen-bond acceptors (Lipinski definition) is 4. The molecule has 0 aliphatic rings. The molecule has 1 aromatic heterocycles. The number of hydrogen-bond donors (Lipinski definition) is 0. The van der Waals surface area contributed by atoms with Crippen LogP contribution in [0.5, 0.6) is 6.01 Å². The van der Waals surface area contributed by atoms with Gasteiger partial charge in [0.15, 0.2) is 5.82 Å². The number of halogens is 3. The highest BCUT2D eigenvalue weighted by Gasteiger charge is 2.18. The summed E-state index contributed by atoms with van der Waals surface area (Å²) in [7, 11) is 0. The van der Waals surface area contributed by atoms with E-state index in [4.69, 9.17) is 16.3 Å². The monoisotopic (exact) mass is 299 g/mol. The number of ether oxygens (including phenoxy) is 1. The van der Waals surface area contributed by atoms with Crippen molar-refractivity contribution in [2.45, 2.75) is 26.9 Å². The first-order valence-electron chi connectivity index (χ1n) is 5.91. The highest BCUT2D eigenvalue weighted by Crippen LogP contribution is 2.27. The Bertz CT molecular complexity index is 650. The lowest BCUT2D eigenvalue weighted by molar-refractivity contribution is 0.221. The van der Waals surface area contributed by atoms with Crippen LogP contribution in [-0.4, -0.2) is 21.1 Å². The topological polar surface area (TPSA) is 47.9 Å². The first-order chi connectivity index (χ1) is 9.38. The quantitative estimate of drug-likeness (QED) is 0.869. The van der Waals surface area contributed by atoms with E-state index in [1.165, 1.54) is 13.0 Å². The molecule has 0 unspecified atom stereocenters. The maximum absolute atomic E-state index is 14.0. The van der Waals surface area contributed by atoms with Crippen LogP contribution in [0.15, 0.2) is 12.1 Å². The van der Waals surface area contributed by atoms with E-state index in [9.17, 15) is 8.78 Å². The summed E-state index contributed by atoms with van der Waals surface area (Å²) in [6.07, 6.45) is -0.200. The third kappa shape index (κ3) is 3.01. The Kier molecular flexibility index (Phi) is 4.13. The largest absolute Gasteiger partial charge is 0.461 e. The van der Waals surface area contributed by atoms with Crippen molar-refractivity contribution >= 4 is 11.6 Å². The number of aryl methyl sites for hydroxylation is 1. The van der Waals surface area contributed by atoms with E-state index in [0.717, 1.165) is 6.07 Å². The molecule has 0 aliphatic carbocycles. The summed E-state index contributed by atoms with van der Waals surface area (Å²) < 4.78 is 33.1. The Morgan fingerprint density at radius 1 is 1.15 bits per heavy atom. The van der Waals surface area contributed by atoms with Crippen molar-refractivity contribution in [1.82, 2.24) is 15.0 Å². The van der Waals surface area contributed by atoms with Gasteiger partial charge in [0.2, 0.25) is 5.28 Å². The molecule has 2 rings (SSSR count). The molecule has 4 nitrogen and oxygen atoms in total. The smallest absolute Gasteiger partial charge is 0.321 e. The van der Waals surface area contributed by atoms with E-state index in [-0.39, 0.29) is 34.3 Å². The fourth-order valence-electron chi connectivity index (χ4n) is 1.57. The molecule has 0 atom stereocenters. The Balaban J connectivity index is 2.58. The first kappa shape index (κ1) is 14.6. The molecule has 0 bridgehead atoms. The van der Waals surface area contributed by atoms with Crippen LogP contribution in [0.4, 0.5) is 8.78 Å². The molecule has 0 N–H and O–H groups in total. The molecule has 0 fully saturated rings. The Labute approximate surface area is 119 Å². The zero-order valence-electron chi connectivity index (χ0n) is 11.1. The molecule has 2 aromatic rings. The maximum Gasteiger partial charge on any atom is 0.321 e. The number of aromatic nitrogens is 3. The molecule has 1 aromatic carbocycles. The van der Waals surface area contributed by atoms with Gasteiger partial charge in [0.05, 0.1) is 11.7 Å². The van der Waals surface area contributed by atoms with Gasteiger partial charge in [0.25, 0.3) is 0 Å². The van der Waals surface area contributed by atoms with Crippen molar-refractivity contribution < 1.29 is 13.5 Å². The van der Waals surface area contributed by atoms with Crippen molar-refractivity contribution in [2.24, 2.45) is 0 Å². The fraction of sp³-hybridized carbons (Fsp3) is 0.308. The van der Waals surface area contributed by atoms with Crippen LogP contribution >= 0.6 is 11.6 Å². The van der Waals surface area contributed by atoms with Crippen molar-refractivity contribution in [2.75, 3.05) is 0 Å². The van der Waals surface area contributed by atoms with Crippen molar-refractivity contribution in [1.29, 1.82) is 0 Å². The third-order valence-corrected chi connectivity index (χ3v) is 2.61. The maximum atomic E-state index is 14.0. The minimum absolute atomic E-state index is 0.0738. The van der Waals surface area contributed by atoms with Gasteiger partial charge in [0, 0.05) is 0 Å². The molecular weight excluding hydrogens is 288 g/mol. The fourth-order valence-corrected chi connectivity index (χ4v) is 1.72. The number of rotatable bonds is 3. The van der Waals surface area contributed by atoms with Gasteiger partial charge < -0.3 is 4.74 Å². The van der Waals surface area contributed by atoms with E-state index in [1.807, 2.05) is 0 Å². The van der Waals surface area contributed by atoms with Gasteiger partial charge in [-0.1, -0.05) is 6.07 Å². The van der Waals surface area contributed by atoms with Gasteiger partial charge in [-0.25, -0.2) is 8.78 Å². The first-order valence-corrected chi connectivity index (χ1v) is 6.29. The number of nitrogens with zero attached hydrogens (tertiary/aromatic N) is 3. The predicted octanol–water partition coefficient (Wildman–Crippen LogP) is 3.57. The summed E-state index contributed by atoms with van der Waals surface area (Å²) in [4.78, 5) is 11.4. The van der Waals surface area contributed by atoms with Gasteiger partial charge in [-0.2, -0.15) is 15.0 Å².